The van der Waals surface area contributed by atoms with E-state index in [0.717, 1.165) is 4.90 Å². The topological polar surface area (TPSA) is 128 Å². The number of methoxy groups -OCH3 is 1. The Kier molecular flexibility index (Phi) is 6.64. The van der Waals surface area contributed by atoms with E-state index in [2.05, 4.69) is 11.9 Å². The molecule has 1 fully saturated rings. The number of carbonyl (C=O) groups is 3. The minimum Gasteiger partial charge on any atom is -0.493 e. The van der Waals surface area contributed by atoms with Gasteiger partial charge in [-0.1, -0.05) is 24.3 Å². The standard InChI is InChI=1S/C22H19N3O7/c1-3-9-24-21(27)17(20(26)23-22(24)28)11-14-7-8-18(19(12-14)31-2)32-13-15-5-4-6-16(10-15)25(29)30/h3-8,10-12H,1,9,13H2,2H3,(H,23,26,28)/b17-11-. The molecule has 0 unspecified atom stereocenters. The van der Waals surface area contributed by atoms with E-state index in [1.807, 2.05) is 0 Å². The van der Waals surface area contributed by atoms with Gasteiger partial charge in [-0.15, -0.1) is 6.58 Å². The molecule has 10 heteroatoms. The number of nitrogens with one attached hydrogen (secondary N) is 1. The molecule has 1 saturated heterocycles. The molecule has 0 radical (unpaired) electrons. The minimum atomic E-state index is -0.806. The van der Waals surface area contributed by atoms with Crippen molar-refractivity contribution in [2.75, 3.05) is 13.7 Å². The van der Waals surface area contributed by atoms with Crippen LogP contribution in [0.2, 0.25) is 0 Å². The third-order valence-electron chi connectivity index (χ3n) is 4.51. The number of non-ortho nitro benzene ring substituents is 1. The van der Waals surface area contributed by atoms with E-state index in [1.54, 1.807) is 30.3 Å². The summed E-state index contributed by atoms with van der Waals surface area (Å²) in [5, 5.41) is 13.0. The molecule has 164 valence electrons. The summed E-state index contributed by atoms with van der Waals surface area (Å²) in [5.41, 5.74) is 0.818. The lowest BCUT2D eigenvalue weighted by molar-refractivity contribution is -0.384. The fraction of sp³-hybridized carbons (Fsp3) is 0.136. The number of hydrogen-bond acceptors (Lipinski definition) is 7. The Bertz CT molecular complexity index is 1140. The summed E-state index contributed by atoms with van der Waals surface area (Å²) in [6.45, 7) is 3.52. The highest BCUT2D eigenvalue weighted by molar-refractivity contribution is 6.31. The molecule has 0 spiro atoms. The number of rotatable bonds is 8. The summed E-state index contributed by atoms with van der Waals surface area (Å²) >= 11 is 0. The number of amides is 4. The van der Waals surface area contributed by atoms with Crippen molar-refractivity contribution in [1.29, 1.82) is 0 Å². The Hall–Kier alpha value is -4.47. The molecule has 1 aliphatic heterocycles. The zero-order chi connectivity index (χ0) is 23.3. The fourth-order valence-electron chi connectivity index (χ4n) is 2.97. The first-order valence-electron chi connectivity index (χ1n) is 9.38. The van der Waals surface area contributed by atoms with Crippen LogP contribution in [0.1, 0.15) is 11.1 Å². The highest BCUT2D eigenvalue weighted by Gasteiger charge is 2.34. The van der Waals surface area contributed by atoms with Crippen LogP contribution in [0.4, 0.5) is 10.5 Å². The van der Waals surface area contributed by atoms with Gasteiger partial charge in [-0.05, 0) is 29.3 Å². The van der Waals surface area contributed by atoms with Gasteiger partial charge in [0, 0.05) is 18.7 Å². The molecule has 0 aromatic heterocycles. The van der Waals surface area contributed by atoms with Gasteiger partial charge in [-0.25, -0.2) is 4.79 Å². The quantitative estimate of drug-likeness (QED) is 0.221. The lowest BCUT2D eigenvalue weighted by Crippen LogP contribution is -2.54. The van der Waals surface area contributed by atoms with E-state index in [1.165, 1.54) is 31.4 Å². The largest absolute Gasteiger partial charge is 0.493 e. The van der Waals surface area contributed by atoms with Crippen molar-refractivity contribution in [3.05, 3.63) is 81.9 Å². The summed E-state index contributed by atoms with van der Waals surface area (Å²) in [7, 11) is 1.43. The maximum absolute atomic E-state index is 12.5. The second kappa shape index (κ2) is 9.56. The van der Waals surface area contributed by atoms with Crippen LogP contribution >= 0.6 is 0 Å². The SMILES string of the molecule is C=CCN1C(=O)NC(=O)/C(=C/c2ccc(OCc3cccc([N+](=O)[O-])c3)c(OC)c2)C1=O. The number of nitro groups is 1. The number of nitrogens with zero attached hydrogens (tertiary/aromatic N) is 2. The zero-order valence-electron chi connectivity index (χ0n) is 17.1. The number of urea groups is 1. The summed E-state index contributed by atoms with van der Waals surface area (Å²) in [5.74, 6) is -0.842. The molecule has 4 amide bonds. The summed E-state index contributed by atoms with van der Waals surface area (Å²) in [6.07, 6.45) is 2.72. The van der Waals surface area contributed by atoms with Crippen LogP contribution in [0.5, 0.6) is 11.5 Å². The van der Waals surface area contributed by atoms with Crippen LogP contribution in [-0.2, 0) is 16.2 Å². The van der Waals surface area contributed by atoms with Gasteiger partial charge in [0.05, 0.1) is 12.0 Å². The average molecular weight is 437 g/mol. The van der Waals surface area contributed by atoms with Crippen LogP contribution in [0.25, 0.3) is 6.08 Å². The molecule has 1 aliphatic rings. The Morgan fingerprint density at radius 3 is 2.62 bits per heavy atom. The van der Waals surface area contributed by atoms with Gasteiger partial charge in [-0.2, -0.15) is 0 Å². The van der Waals surface area contributed by atoms with Crippen LogP contribution in [-0.4, -0.2) is 41.3 Å². The molecule has 2 aromatic rings. The third-order valence-corrected chi connectivity index (χ3v) is 4.51. The fourth-order valence-corrected chi connectivity index (χ4v) is 2.97. The van der Waals surface area contributed by atoms with Gasteiger partial charge in [-0.3, -0.25) is 29.9 Å². The predicted octanol–water partition coefficient (Wildman–Crippen LogP) is 2.83. The van der Waals surface area contributed by atoms with Gasteiger partial charge in [0.15, 0.2) is 11.5 Å². The average Bonchev–Trinajstić information content (AvgIpc) is 2.78. The highest BCUT2D eigenvalue weighted by Crippen LogP contribution is 2.30. The van der Waals surface area contributed by atoms with Crippen molar-refractivity contribution in [3.63, 3.8) is 0 Å². The lowest BCUT2D eigenvalue weighted by atomic mass is 10.1. The van der Waals surface area contributed by atoms with Crippen LogP contribution in [0.15, 0.2) is 60.7 Å². The molecular formula is C22H19N3O7. The number of carbonyl (C=O) groups excluding carboxylic acids is 3. The van der Waals surface area contributed by atoms with Crippen molar-refractivity contribution >= 4 is 29.6 Å². The molecule has 0 aliphatic carbocycles. The van der Waals surface area contributed by atoms with Gasteiger partial charge < -0.3 is 9.47 Å². The zero-order valence-corrected chi connectivity index (χ0v) is 17.1. The molecule has 1 N–H and O–H groups in total. The highest BCUT2D eigenvalue weighted by atomic mass is 16.6. The molecular weight excluding hydrogens is 418 g/mol. The minimum absolute atomic E-state index is 0.0387. The number of benzene rings is 2. The Morgan fingerprint density at radius 1 is 1.16 bits per heavy atom. The molecule has 3 rings (SSSR count). The van der Waals surface area contributed by atoms with Crippen LogP contribution < -0.4 is 14.8 Å². The first-order valence-corrected chi connectivity index (χ1v) is 9.38. The van der Waals surface area contributed by atoms with E-state index < -0.39 is 22.8 Å². The maximum atomic E-state index is 12.5. The molecule has 0 saturated carbocycles. The van der Waals surface area contributed by atoms with Gasteiger partial charge >= 0.3 is 6.03 Å². The van der Waals surface area contributed by atoms with Crippen molar-refractivity contribution in [2.24, 2.45) is 0 Å². The van der Waals surface area contributed by atoms with E-state index in [4.69, 9.17) is 9.47 Å². The lowest BCUT2D eigenvalue weighted by Gasteiger charge is -2.25. The van der Waals surface area contributed by atoms with Crippen molar-refractivity contribution < 1.29 is 28.8 Å². The number of imide groups is 2. The van der Waals surface area contributed by atoms with E-state index in [-0.39, 0.29) is 24.4 Å². The van der Waals surface area contributed by atoms with Gasteiger partial charge in [0.2, 0.25) is 0 Å². The van der Waals surface area contributed by atoms with Crippen molar-refractivity contribution in [1.82, 2.24) is 10.2 Å². The Labute approximate surface area is 182 Å². The molecule has 0 bridgehead atoms. The second-order valence-electron chi connectivity index (χ2n) is 6.65. The van der Waals surface area contributed by atoms with E-state index >= 15 is 0 Å². The number of ether oxygens (including phenoxy) is 2. The molecule has 0 atom stereocenters. The smallest absolute Gasteiger partial charge is 0.331 e. The first kappa shape index (κ1) is 22.2. The molecule has 10 nitrogen and oxygen atoms in total. The Balaban J connectivity index is 1.82. The number of barbiturate groups is 1. The van der Waals surface area contributed by atoms with Crippen LogP contribution in [0.3, 0.4) is 0 Å². The van der Waals surface area contributed by atoms with Crippen molar-refractivity contribution in [2.45, 2.75) is 6.61 Å². The second-order valence-corrected chi connectivity index (χ2v) is 6.65. The number of nitro benzene ring substituents is 1. The first-order chi connectivity index (χ1) is 15.3. The van der Waals surface area contributed by atoms with Gasteiger partial charge in [0.1, 0.15) is 12.2 Å². The summed E-state index contributed by atoms with van der Waals surface area (Å²) in [6, 6.07) is 10.0. The van der Waals surface area contributed by atoms with Gasteiger partial charge in [0.25, 0.3) is 17.5 Å². The normalized spacial score (nSPS) is 14.8. The van der Waals surface area contributed by atoms with Crippen LogP contribution in [0, 0.1) is 10.1 Å². The third kappa shape index (κ3) is 4.81. The number of hydrogen-bond donors (Lipinski definition) is 1. The molecule has 2 aromatic carbocycles. The van der Waals surface area contributed by atoms with E-state index in [9.17, 15) is 24.5 Å². The molecule has 32 heavy (non-hydrogen) atoms. The summed E-state index contributed by atoms with van der Waals surface area (Å²) in [4.78, 5) is 47.8. The predicted molar refractivity (Wildman–Crippen MR) is 114 cm³/mol. The molecule has 1 heterocycles. The Morgan fingerprint density at radius 2 is 1.94 bits per heavy atom. The van der Waals surface area contributed by atoms with Crippen molar-refractivity contribution in [3.8, 4) is 11.5 Å². The monoisotopic (exact) mass is 437 g/mol. The van der Waals surface area contributed by atoms with E-state index in [0.29, 0.717) is 22.6 Å². The summed E-state index contributed by atoms with van der Waals surface area (Å²) < 4.78 is 11.1. The maximum Gasteiger partial charge on any atom is 0.331 e.